The van der Waals surface area contributed by atoms with E-state index >= 15 is 0 Å². The minimum atomic E-state index is -0.418. The first-order valence-corrected chi connectivity index (χ1v) is 7.05. The van der Waals surface area contributed by atoms with Crippen LogP contribution in [-0.4, -0.2) is 13.2 Å². The first-order valence-electron chi connectivity index (χ1n) is 7.05. The molecule has 1 aliphatic rings. The van der Waals surface area contributed by atoms with E-state index in [1.165, 1.54) is 6.07 Å². The summed E-state index contributed by atoms with van der Waals surface area (Å²) < 4.78 is 25.2. The second kappa shape index (κ2) is 5.64. The highest BCUT2D eigenvalue weighted by molar-refractivity contribution is 5.50. The third kappa shape index (κ3) is 2.79. The number of rotatable bonds is 3. The lowest BCUT2D eigenvalue weighted by Crippen LogP contribution is -2.19. The van der Waals surface area contributed by atoms with E-state index in [4.69, 9.17) is 15.2 Å². The lowest BCUT2D eigenvalue weighted by molar-refractivity contribution is 0.213. The number of para-hydroxylation sites is 1. The van der Waals surface area contributed by atoms with Gasteiger partial charge in [0.25, 0.3) is 0 Å². The lowest BCUT2D eigenvalue weighted by Gasteiger charge is -2.26. The predicted octanol–water partition coefficient (Wildman–Crippen LogP) is 3.66. The Morgan fingerprint density at radius 3 is 3.00 bits per heavy atom. The van der Waals surface area contributed by atoms with E-state index in [9.17, 15) is 4.39 Å². The van der Waals surface area contributed by atoms with Crippen LogP contribution in [0.2, 0.25) is 0 Å². The van der Waals surface area contributed by atoms with Crippen LogP contribution in [0.15, 0.2) is 36.4 Å². The molecule has 1 atom stereocenters. The Morgan fingerprint density at radius 2 is 2.14 bits per heavy atom. The number of anilines is 1. The van der Waals surface area contributed by atoms with Crippen molar-refractivity contribution in [2.45, 2.75) is 19.3 Å². The van der Waals surface area contributed by atoms with Gasteiger partial charge in [0.15, 0.2) is 11.6 Å². The Balaban J connectivity index is 1.76. The first kappa shape index (κ1) is 13.7. The fourth-order valence-corrected chi connectivity index (χ4v) is 2.56. The number of hydrogen-bond acceptors (Lipinski definition) is 3. The highest BCUT2D eigenvalue weighted by atomic mass is 19.1. The Bertz CT molecular complexity index is 657. The SMILES string of the molecule is Cc1cc(OCC2CCOc3ccccc32)c(F)cc1N. The van der Waals surface area contributed by atoms with Gasteiger partial charge in [-0.2, -0.15) is 0 Å². The van der Waals surface area contributed by atoms with Gasteiger partial charge in [0.2, 0.25) is 0 Å². The molecule has 21 heavy (non-hydrogen) atoms. The highest BCUT2D eigenvalue weighted by Crippen LogP contribution is 2.34. The molecule has 2 aromatic rings. The maximum absolute atomic E-state index is 13.9. The van der Waals surface area contributed by atoms with Gasteiger partial charge in [-0.05, 0) is 31.0 Å². The zero-order chi connectivity index (χ0) is 14.8. The summed E-state index contributed by atoms with van der Waals surface area (Å²) in [5.41, 5.74) is 8.06. The number of fused-ring (bicyclic) bond motifs is 1. The number of halogens is 1. The molecule has 0 aliphatic carbocycles. The zero-order valence-corrected chi connectivity index (χ0v) is 11.9. The molecule has 2 N–H and O–H groups in total. The van der Waals surface area contributed by atoms with E-state index in [2.05, 4.69) is 0 Å². The molecule has 0 saturated carbocycles. The Kier molecular flexibility index (Phi) is 3.69. The molecule has 0 aromatic heterocycles. The summed E-state index contributed by atoms with van der Waals surface area (Å²) in [5, 5.41) is 0. The fraction of sp³-hybridized carbons (Fsp3) is 0.294. The van der Waals surface area contributed by atoms with Gasteiger partial charge >= 0.3 is 0 Å². The monoisotopic (exact) mass is 287 g/mol. The van der Waals surface area contributed by atoms with Gasteiger partial charge in [0.05, 0.1) is 13.2 Å². The number of nitrogen functional groups attached to an aromatic ring is 1. The number of benzene rings is 2. The van der Waals surface area contributed by atoms with E-state index in [1.807, 2.05) is 31.2 Å². The summed E-state index contributed by atoms with van der Waals surface area (Å²) >= 11 is 0. The van der Waals surface area contributed by atoms with E-state index < -0.39 is 5.82 Å². The third-order valence-electron chi connectivity index (χ3n) is 3.84. The molecule has 0 radical (unpaired) electrons. The molecule has 110 valence electrons. The van der Waals surface area contributed by atoms with E-state index in [0.717, 1.165) is 23.3 Å². The summed E-state index contributed by atoms with van der Waals surface area (Å²) in [4.78, 5) is 0. The van der Waals surface area contributed by atoms with Crippen LogP contribution >= 0.6 is 0 Å². The molecule has 1 aliphatic heterocycles. The maximum Gasteiger partial charge on any atom is 0.167 e. The van der Waals surface area contributed by atoms with Crippen molar-refractivity contribution in [3.63, 3.8) is 0 Å². The summed E-state index contributed by atoms with van der Waals surface area (Å²) in [5.74, 6) is 0.947. The van der Waals surface area contributed by atoms with Crippen molar-refractivity contribution in [1.29, 1.82) is 0 Å². The number of ether oxygens (including phenoxy) is 2. The van der Waals surface area contributed by atoms with Crippen molar-refractivity contribution in [2.24, 2.45) is 0 Å². The highest BCUT2D eigenvalue weighted by Gasteiger charge is 2.22. The first-order chi connectivity index (χ1) is 10.1. The standard InChI is InChI=1S/C17H18FNO2/c1-11-8-17(14(18)9-15(11)19)21-10-12-6-7-20-16-5-3-2-4-13(12)16/h2-5,8-9,12H,6-7,10,19H2,1H3. The molecule has 3 nitrogen and oxygen atoms in total. The molecule has 0 amide bonds. The molecule has 1 heterocycles. The molecule has 0 saturated heterocycles. The van der Waals surface area contributed by atoms with Gasteiger partial charge < -0.3 is 15.2 Å². The van der Waals surface area contributed by atoms with Crippen LogP contribution in [0.1, 0.15) is 23.5 Å². The summed E-state index contributed by atoms with van der Waals surface area (Å²) in [6.07, 6.45) is 0.868. The van der Waals surface area contributed by atoms with Crippen molar-refractivity contribution in [2.75, 3.05) is 18.9 Å². The van der Waals surface area contributed by atoms with Crippen LogP contribution in [0.25, 0.3) is 0 Å². The Morgan fingerprint density at radius 1 is 1.33 bits per heavy atom. The van der Waals surface area contributed by atoms with Crippen molar-refractivity contribution in [3.8, 4) is 11.5 Å². The van der Waals surface area contributed by atoms with Crippen molar-refractivity contribution in [1.82, 2.24) is 0 Å². The molecule has 3 rings (SSSR count). The molecule has 0 bridgehead atoms. The second-order valence-electron chi connectivity index (χ2n) is 5.32. The third-order valence-corrected chi connectivity index (χ3v) is 3.84. The normalized spacial score (nSPS) is 17.0. The minimum absolute atomic E-state index is 0.215. The number of aryl methyl sites for hydroxylation is 1. The Hall–Kier alpha value is -2.23. The van der Waals surface area contributed by atoms with Gasteiger partial charge in [0.1, 0.15) is 5.75 Å². The van der Waals surface area contributed by atoms with Crippen LogP contribution in [0.4, 0.5) is 10.1 Å². The number of hydrogen-bond donors (Lipinski definition) is 1. The van der Waals surface area contributed by atoms with Gasteiger partial charge in [-0.25, -0.2) is 4.39 Å². The number of nitrogens with two attached hydrogens (primary N) is 1. The van der Waals surface area contributed by atoms with Crippen LogP contribution in [0.5, 0.6) is 11.5 Å². The smallest absolute Gasteiger partial charge is 0.167 e. The average molecular weight is 287 g/mol. The molecule has 2 aromatic carbocycles. The molecule has 4 heteroatoms. The van der Waals surface area contributed by atoms with Crippen LogP contribution < -0.4 is 15.2 Å². The second-order valence-corrected chi connectivity index (χ2v) is 5.32. The quantitative estimate of drug-likeness (QED) is 0.876. The molecule has 0 fully saturated rings. The van der Waals surface area contributed by atoms with Crippen LogP contribution in [0.3, 0.4) is 0 Å². The van der Waals surface area contributed by atoms with Gasteiger partial charge in [-0.1, -0.05) is 18.2 Å². The Labute approximate surface area is 123 Å². The summed E-state index contributed by atoms with van der Waals surface area (Å²) in [6, 6.07) is 10.9. The van der Waals surface area contributed by atoms with Crippen molar-refractivity contribution in [3.05, 3.63) is 53.3 Å². The molecular formula is C17H18FNO2. The van der Waals surface area contributed by atoms with Gasteiger partial charge in [-0.3, -0.25) is 0 Å². The summed E-state index contributed by atoms with van der Waals surface area (Å²) in [6.45, 7) is 2.93. The maximum atomic E-state index is 13.9. The van der Waals surface area contributed by atoms with Crippen molar-refractivity contribution >= 4 is 5.69 Å². The van der Waals surface area contributed by atoms with Crippen LogP contribution in [-0.2, 0) is 0 Å². The largest absolute Gasteiger partial charge is 0.493 e. The average Bonchev–Trinajstić information content (AvgIpc) is 2.49. The molecule has 0 spiro atoms. The minimum Gasteiger partial charge on any atom is -0.493 e. The van der Waals surface area contributed by atoms with Gasteiger partial charge in [-0.15, -0.1) is 0 Å². The lowest BCUT2D eigenvalue weighted by atomic mass is 9.94. The van der Waals surface area contributed by atoms with E-state index in [0.29, 0.717) is 18.9 Å². The van der Waals surface area contributed by atoms with E-state index in [-0.39, 0.29) is 11.7 Å². The van der Waals surface area contributed by atoms with E-state index in [1.54, 1.807) is 6.07 Å². The zero-order valence-electron chi connectivity index (χ0n) is 11.9. The molecular weight excluding hydrogens is 269 g/mol. The molecule has 1 unspecified atom stereocenters. The van der Waals surface area contributed by atoms with Gasteiger partial charge in [0, 0.05) is 23.2 Å². The summed E-state index contributed by atoms with van der Waals surface area (Å²) in [7, 11) is 0. The fourth-order valence-electron chi connectivity index (χ4n) is 2.56. The van der Waals surface area contributed by atoms with Crippen molar-refractivity contribution < 1.29 is 13.9 Å². The topological polar surface area (TPSA) is 44.5 Å². The predicted molar refractivity (Wildman–Crippen MR) is 80.3 cm³/mol. The van der Waals surface area contributed by atoms with Crippen LogP contribution in [0, 0.1) is 12.7 Å².